The molecule has 0 spiro atoms. The minimum Gasteiger partial charge on any atom is -0.338 e. The van der Waals surface area contributed by atoms with Gasteiger partial charge in [0.2, 0.25) is 17.7 Å². The first kappa shape index (κ1) is 21.7. The molecule has 0 N–H and O–H groups in total. The lowest BCUT2D eigenvalue weighted by Gasteiger charge is -2.38. The van der Waals surface area contributed by atoms with E-state index < -0.39 is 5.41 Å². The Morgan fingerprint density at radius 2 is 1.28 bits per heavy atom. The summed E-state index contributed by atoms with van der Waals surface area (Å²) in [7, 11) is 0. The van der Waals surface area contributed by atoms with Crippen molar-refractivity contribution in [2.75, 3.05) is 31.1 Å². The van der Waals surface area contributed by atoms with Crippen molar-refractivity contribution in [2.45, 2.75) is 32.1 Å². The number of hydrogen-bond acceptors (Lipinski definition) is 4. The lowest BCUT2D eigenvalue weighted by molar-refractivity contribution is -0.137. The van der Waals surface area contributed by atoms with Crippen LogP contribution in [0.4, 0.5) is 5.69 Å². The second-order valence-corrected chi connectivity index (χ2v) is 8.75. The third-order valence-corrected chi connectivity index (χ3v) is 6.31. The van der Waals surface area contributed by atoms with Crippen LogP contribution < -0.4 is 4.90 Å². The first-order valence-corrected chi connectivity index (χ1v) is 10.9. The fourth-order valence-corrected chi connectivity index (χ4v) is 4.29. The molecule has 2 aromatic rings. The molecule has 0 unspecified atom stereocenters. The zero-order valence-electron chi connectivity index (χ0n) is 18.4. The number of imide groups is 1. The molecular weight excluding hydrogens is 406 g/mol. The van der Waals surface area contributed by atoms with Gasteiger partial charge in [0.1, 0.15) is 0 Å². The highest BCUT2D eigenvalue weighted by Gasteiger charge is 2.36. The summed E-state index contributed by atoms with van der Waals surface area (Å²) >= 11 is 0. The van der Waals surface area contributed by atoms with E-state index in [4.69, 9.17) is 0 Å². The van der Waals surface area contributed by atoms with Crippen molar-refractivity contribution in [3.8, 4) is 0 Å². The average Bonchev–Trinajstić information content (AvgIpc) is 3.16. The first-order chi connectivity index (χ1) is 15.3. The van der Waals surface area contributed by atoms with Crippen LogP contribution in [0.1, 0.15) is 42.6 Å². The number of amides is 4. The van der Waals surface area contributed by atoms with Crippen LogP contribution in [0.15, 0.2) is 54.6 Å². The summed E-state index contributed by atoms with van der Waals surface area (Å²) in [5, 5.41) is 0. The molecule has 2 heterocycles. The molecule has 2 aromatic carbocycles. The van der Waals surface area contributed by atoms with Crippen molar-refractivity contribution < 1.29 is 19.2 Å². The number of carbonyl (C=O) groups is 4. The van der Waals surface area contributed by atoms with Gasteiger partial charge in [0, 0.05) is 44.6 Å². The van der Waals surface area contributed by atoms with Crippen LogP contribution >= 0.6 is 0 Å². The van der Waals surface area contributed by atoms with Gasteiger partial charge in [-0.1, -0.05) is 30.3 Å². The number of nitrogens with zero attached hydrogens (tertiary/aromatic N) is 3. The number of benzene rings is 2. The van der Waals surface area contributed by atoms with Gasteiger partial charge in [-0.2, -0.15) is 0 Å². The highest BCUT2D eigenvalue weighted by Crippen LogP contribution is 2.27. The van der Waals surface area contributed by atoms with Crippen LogP contribution in [0, 0.1) is 0 Å². The van der Waals surface area contributed by atoms with Crippen LogP contribution in [0.25, 0.3) is 0 Å². The van der Waals surface area contributed by atoms with Gasteiger partial charge in [-0.15, -0.1) is 0 Å². The van der Waals surface area contributed by atoms with E-state index in [0.717, 1.165) is 5.56 Å². The van der Waals surface area contributed by atoms with E-state index in [1.165, 1.54) is 4.90 Å². The summed E-state index contributed by atoms with van der Waals surface area (Å²) < 4.78 is 0. The molecule has 0 aromatic heterocycles. The summed E-state index contributed by atoms with van der Waals surface area (Å²) in [6, 6.07) is 16.3. The molecule has 0 saturated carbocycles. The number of rotatable bonds is 4. The Morgan fingerprint density at radius 1 is 0.750 bits per heavy atom. The molecule has 0 atom stereocenters. The van der Waals surface area contributed by atoms with Gasteiger partial charge in [0.15, 0.2) is 0 Å². The van der Waals surface area contributed by atoms with Gasteiger partial charge in [0.05, 0.1) is 11.1 Å². The molecular formula is C25H27N3O4. The Balaban J connectivity index is 1.38. The summed E-state index contributed by atoms with van der Waals surface area (Å²) in [5.41, 5.74) is 1.33. The Morgan fingerprint density at radius 3 is 1.84 bits per heavy atom. The normalized spacial score (nSPS) is 17.1. The lowest BCUT2D eigenvalue weighted by atomic mass is 9.83. The van der Waals surface area contributed by atoms with Crippen LogP contribution in [-0.4, -0.2) is 59.6 Å². The number of anilines is 1. The van der Waals surface area contributed by atoms with Gasteiger partial charge in [-0.25, -0.2) is 0 Å². The predicted molar refractivity (Wildman–Crippen MR) is 120 cm³/mol. The molecule has 0 radical (unpaired) electrons. The van der Waals surface area contributed by atoms with Gasteiger partial charge >= 0.3 is 0 Å². The standard InChI is InChI=1S/C25H27N3O4/c1-25(2,19-6-4-3-5-7-19)24(32)27-16-14-26(15-17-27)23(31)18-8-10-20(11-9-18)28-21(29)12-13-22(28)30/h3-11H,12-17H2,1-2H3. The molecule has 166 valence electrons. The molecule has 32 heavy (non-hydrogen) atoms. The van der Waals surface area contributed by atoms with E-state index in [2.05, 4.69) is 0 Å². The van der Waals surface area contributed by atoms with Gasteiger partial charge < -0.3 is 9.80 Å². The first-order valence-electron chi connectivity index (χ1n) is 10.9. The van der Waals surface area contributed by atoms with E-state index in [-0.39, 0.29) is 36.5 Å². The highest BCUT2D eigenvalue weighted by atomic mass is 16.2. The maximum absolute atomic E-state index is 13.1. The van der Waals surface area contributed by atoms with E-state index in [0.29, 0.717) is 37.4 Å². The smallest absolute Gasteiger partial charge is 0.253 e. The number of piperazine rings is 1. The SMILES string of the molecule is CC(C)(C(=O)N1CCN(C(=O)c2ccc(N3C(=O)CCC3=O)cc2)CC1)c1ccccc1. The molecule has 4 amide bonds. The summed E-state index contributed by atoms with van der Waals surface area (Å²) in [6.07, 6.45) is 0.452. The molecule has 4 rings (SSSR count). The van der Waals surface area contributed by atoms with Gasteiger partial charge in [0.25, 0.3) is 5.91 Å². The molecule has 0 bridgehead atoms. The lowest BCUT2D eigenvalue weighted by Crippen LogP contribution is -2.54. The van der Waals surface area contributed by atoms with Crippen LogP contribution in [0.2, 0.25) is 0 Å². The molecule has 0 aliphatic carbocycles. The Hall–Kier alpha value is -3.48. The molecule has 2 saturated heterocycles. The quantitative estimate of drug-likeness (QED) is 0.695. The minimum atomic E-state index is -0.631. The van der Waals surface area contributed by atoms with Crippen molar-refractivity contribution in [2.24, 2.45) is 0 Å². The van der Waals surface area contributed by atoms with Crippen LogP contribution in [-0.2, 0) is 19.8 Å². The summed E-state index contributed by atoms with van der Waals surface area (Å²) in [4.78, 5) is 54.6. The van der Waals surface area contributed by atoms with Crippen LogP contribution in [0.3, 0.4) is 0 Å². The van der Waals surface area contributed by atoms with E-state index in [9.17, 15) is 19.2 Å². The summed E-state index contributed by atoms with van der Waals surface area (Å²) in [5.74, 6) is -0.494. The Bertz CT molecular complexity index is 1020. The summed E-state index contributed by atoms with van der Waals surface area (Å²) in [6.45, 7) is 5.74. The molecule has 7 heteroatoms. The van der Waals surface area contributed by atoms with E-state index in [1.807, 2.05) is 49.1 Å². The van der Waals surface area contributed by atoms with E-state index in [1.54, 1.807) is 29.2 Å². The molecule has 2 fully saturated rings. The zero-order valence-corrected chi connectivity index (χ0v) is 18.4. The average molecular weight is 434 g/mol. The second kappa shape index (κ2) is 8.57. The van der Waals surface area contributed by atoms with Gasteiger partial charge in [-0.3, -0.25) is 24.1 Å². The zero-order chi connectivity index (χ0) is 22.9. The second-order valence-electron chi connectivity index (χ2n) is 8.75. The largest absolute Gasteiger partial charge is 0.338 e. The molecule has 2 aliphatic rings. The number of carbonyl (C=O) groups excluding carboxylic acids is 4. The Labute approximate surface area is 187 Å². The maximum Gasteiger partial charge on any atom is 0.253 e. The van der Waals surface area contributed by atoms with Crippen molar-refractivity contribution in [3.05, 3.63) is 65.7 Å². The van der Waals surface area contributed by atoms with Crippen molar-refractivity contribution in [3.63, 3.8) is 0 Å². The topological polar surface area (TPSA) is 78.0 Å². The highest BCUT2D eigenvalue weighted by molar-refractivity contribution is 6.19. The van der Waals surface area contributed by atoms with Gasteiger partial charge in [-0.05, 0) is 43.7 Å². The predicted octanol–water partition coefficient (Wildman–Crippen LogP) is 2.60. The molecule has 7 nitrogen and oxygen atoms in total. The fourth-order valence-electron chi connectivity index (χ4n) is 4.29. The van der Waals surface area contributed by atoms with Crippen LogP contribution in [0.5, 0.6) is 0 Å². The monoisotopic (exact) mass is 433 g/mol. The minimum absolute atomic E-state index is 0.0556. The maximum atomic E-state index is 13.1. The molecule has 2 aliphatic heterocycles. The number of hydrogen-bond donors (Lipinski definition) is 0. The van der Waals surface area contributed by atoms with Crippen molar-refractivity contribution in [1.29, 1.82) is 0 Å². The van der Waals surface area contributed by atoms with Crippen molar-refractivity contribution >= 4 is 29.3 Å². The third-order valence-electron chi connectivity index (χ3n) is 6.31. The fraction of sp³-hybridized carbons (Fsp3) is 0.360. The third kappa shape index (κ3) is 4.02. The van der Waals surface area contributed by atoms with Crippen molar-refractivity contribution in [1.82, 2.24) is 9.80 Å². The Kier molecular flexibility index (Phi) is 5.82. The van der Waals surface area contributed by atoms with E-state index >= 15 is 0 Å².